The molecule has 1 unspecified atom stereocenters. The molecule has 0 fully saturated rings. The molecule has 3 N–H and O–H groups in total. The number of nitrogens with zero attached hydrogens (tertiary/aromatic N) is 1. The summed E-state index contributed by atoms with van der Waals surface area (Å²) in [6.45, 7) is 4.56. The molecule has 0 bridgehead atoms. The maximum absolute atomic E-state index is 11.2. The quantitative estimate of drug-likeness (QED) is 0.732. The molecule has 0 spiro atoms. The minimum atomic E-state index is -0.436. The van der Waals surface area contributed by atoms with Gasteiger partial charge in [-0.15, -0.1) is 0 Å². The second kappa shape index (κ2) is 4.72. The fourth-order valence-electron chi connectivity index (χ4n) is 1.35. The minimum Gasteiger partial charge on any atom is -0.368 e. The van der Waals surface area contributed by atoms with Gasteiger partial charge in [-0.2, -0.15) is 0 Å². The molecule has 0 aliphatic rings. The number of carbonyl (C=O) groups is 1. The number of carbonyl (C=O) groups excluding carboxylic acids is 1. The Morgan fingerprint density at radius 1 is 1.71 bits per heavy atom. The van der Waals surface area contributed by atoms with Crippen LogP contribution in [0, 0.1) is 6.92 Å². The molecule has 4 nitrogen and oxygen atoms in total. The van der Waals surface area contributed by atoms with Gasteiger partial charge in [0.25, 0.3) is 0 Å². The Morgan fingerprint density at radius 2 is 2.43 bits per heavy atom. The van der Waals surface area contributed by atoms with Crippen LogP contribution in [0.4, 0.5) is 0 Å². The minimum absolute atomic E-state index is 0.372. The van der Waals surface area contributed by atoms with Crippen molar-refractivity contribution in [2.24, 2.45) is 5.73 Å². The molecule has 14 heavy (non-hydrogen) atoms. The first-order valence-corrected chi connectivity index (χ1v) is 4.60. The zero-order chi connectivity index (χ0) is 10.6. The van der Waals surface area contributed by atoms with E-state index in [0.29, 0.717) is 6.54 Å². The van der Waals surface area contributed by atoms with Crippen molar-refractivity contribution in [1.82, 2.24) is 10.3 Å². The molecule has 1 aromatic heterocycles. The average Bonchev–Trinajstić information content (AvgIpc) is 2.15. The summed E-state index contributed by atoms with van der Waals surface area (Å²) >= 11 is 0. The number of hydrogen-bond donors (Lipinski definition) is 2. The van der Waals surface area contributed by atoms with E-state index in [1.165, 1.54) is 0 Å². The van der Waals surface area contributed by atoms with Crippen molar-refractivity contribution in [3.8, 4) is 0 Å². The van der Waals surface area contributed by atoms with Gasteiger partial charge in [-0.1, -0.05) is 6.92 Å². The number of primary amides is 1. The van der Waals surface area contributed by atoms with Gasteiger partial charge in [0, 0.05) is 12.4 Å². The van der Waals surface area contributed by atoms with Crippen LogP contribution in [0.3, 0.4) is 0 Å². The van der Waals surface area contributed by atoms with Crippen LogP contribution in [0.5, 0.6) is 0 Å². The molecule has 0 aliphatic carbocycles. The van der Waals surface area contributed by atoms with Crippen molar-refractivity contribution >= 4 is 5.91 Å². The van der Waals surface area contributed by atoms with E-state index < -0.39 is 6.04 Å². The van der Waals surface area contributed by atoms with Gasteiger partial charge in [0.15, 0.2) is 0 Å². The maximum atomic E-state index is 11.2. The van der Waals surface area contributed by atoms with Crippen LogP contribution in [0.2, 0.25) is 0 Å². The Balaban J connectivity index is 2.99. The van der Waals surface area contributed by atoms with E-state index >= 15 is 0 Å². The van der Waals surface area contributed by atoms with Crippen molar-refractivity contribution in [1.29, 1.82) is 0 Å². The highest BCUT2D eigenvalue weighted by Gasteiger charge is 2.17. The predicted molar refractivity (Wildman–Crippen MR) is 54.6 cm³/mol. The molecule has 1 heterocycles. The molecule has 0 saturated carbocycles. The van der Waals surface area contributed by atoms with Crippen LogP contribution in [0.1, 0.15) is 24.1 Å². The number of nitrogens with one attached hydrogen (secondary N) is 1. The Hall–Kier alpha value is -1.42. The Labute approximate surface area is 83.5 Å². The highest BCUT2D eigenvalue weighted by atomic mass is 16.1. The summed E-state index contributed by atoms with van der Waals surface area (Å²) in [5.41, 5.74) is 7.16. The van der Waals surface area contributed by atoms with E-state index in [2.05, 4.69) is 10.3 Å². The molecule has 4 heteroatoms. The second-order valence-corrected chi connectivity index (χ2v) is 3.13. The van der Waals surface area contributed by atoms with Crippen molar-refractivity contribution in [3.05, 3.63) is 29.6 Å². The lowest BCUT2D eigenvalue weighted by Crippen LogP contribution is -2.34. The smallest absolute Gasteiger partial charge is 0.239 e. The number of aryl methyl sites for hydroxylation is 1. The molecule has 1 atom stereocenters. The highest BCUT2D eigenvalue weighted by Crippen LogP contribution is 2.15. The van der Waals surface area contributed by atoms with Gasteiger partial charge in [-0.25, -0.2) is 0 Å². The molecule has 1 amide bonds. The third kappa shape index (κ3) is 2.29. The predicted octanol–water partition coefficient (Wildman–Crippen LogP) is 0.526. The van der Waals surface area contributed by atoms with E-state index in [4.69, 9.17) is 5.73 Å². The number of pyridine rings is 1. The molecule has 0 aromatic carbocycles. The molecule has 1 aromatic rings. The van der Waals surface area contributed by atoms with Crippen molar-refractivity contribution in [3.63, 3.8) is 0 Å². The summed E-state index contributed by atoms with van der Waals surface area (Å²) in [5, 5.41) is 3.02. The average molecular weight is 193 g/mol. The number of aromatic nitrogens is 1. The van der Waals surface area contributed by atoms with Crippen LogP contribution >= 0.6 is 0 Å². The largest absolute Gasteiger partial charge is 0.368 e. The van der Waals surface area contributed by atoms with Crippen LogP contribution in [-0.4, -0.2) is 17.4 Å². The third-order valence-corrected chi connectivity index (χ3v) is 2.08. The fraction of sp³-hybridized carbons (Fsp3) is 0.400. The molecule has 0 saturated heterocycles. The highest BCUT2D eigenvalue weighted by molar-refractivity contribution is 5.81. The summed E-state index contributed by atoms with van der Waals surface area (Å²) in [7, 11) is 0. The van der Waals surface area contributed by atoms with E-state index in [1.807, 2.05) is 19.9 Å². The van der Waals surface area contributed by atoms with Gasteiger partial charge in [-0.3, -0.25) is 9.78 Å². The second-order valence-electron chi connectivity index (χ2n) is 3.13. The van der Waals surface area contributed by atoms with E-state index in [-0.39, 0.29) is 5.91 Å². The zero-order valence-corrected chi connectivity index (χ0v) is 8.45. The van der Waals surface area contributed by atoms with Gasteiger partial charge in [0.2, 0.25) is 5.91 Å². The summed E-state index contributed by atoms with van der Waals surface area (Å²) in [6.07, 6.45) is 3.37. The maximum Gasteiger partial charge on any atom is 0.239 e. The van der Waals surface area contributed by atoms with Crippen molar-refractivity contribution in [2.75, 3.05) is 6.54 Å². The SMILES string of the molecule is CCNC(C(N)=O)c1cnccc1C. The lowest BCUT2D eigenvalue weighted by Gasteiger charge is -2.15. The molecule has 76 valence electrons. The van der Waals surface area contributed by atoms with Gasteiger partial charge in [0.1, 0.15) is 6.04 Å². The van der Waals surface area contributed by atoms with Gasteiger partial charge >= 0.3 is 0 Å². The topological polar surface area (TPSA) is 68.0 Å². The molecule has 0 aliphatic heterocycles. The van der Waals surface area contributed by atoms with Crippen molar-refractivity contribution < 1.29 is 4.79 Å². The Kier molecular flexibility index (Phi) is 3.59. The number of nitrogens with two attached hydrogens (primary N) is 1. The Morgan fingerprint density at radius 3 is 2.93 bits per heavy atom. The van der Waals surface area contributed by atoms with Gasteiger partial charge in [0.05, 0.1) is 0 Å². The summed E-state index contributed by atoms with van der Waals surface area (Å²) in [6, 6.07) is 1.43. The van der Waals surface area contributed by atoms with E-state index in [0.717, 1.165) is 11.1 Å². The summed E-state index contributed by atoms with van der Waals surface area (Å²) < 4.78 is 0. The van der Waals surface area contributed by atoms with Gasteiger partial charge in [-0.05, 0) is 30.7 Å². The lowest BCUT2D eigenvalue weighted by molar-refractivity contribution is -0.120. The van der Waals surface area contributed by atoms with Gasteiger partial charge < -0.3 is 11.1 Å². The van der Waals surface area contributed by atoms with E-state index in [9.17, 15) is 4.79 Å². The standard InChI is InChI=1S/C10H15N3O/c1-3-13-9(10(11)14)8-6-12-5-4-7(8)2/h4-6,9,13H,3H2,1-2H3,(H2,11,14). The summed E-state index contributed by atoms with van der Waals surface area (Å²) in [5.74, 6) is -0.372. The fourth-order valence-corrected chi connectivity index (χ4v) is 1.35. The number of amides is 1. The molecule has 0 radical (unpaired) electrons. The first-order valence-electron chi connectivity index (χ1n) is 4.60. The number of rotatable bonds is 4. The number of hydrogen-bond acceptors (Lipinski definition) is 3. The molecular weight excluding hydrogens is 178 g/mol. The van der Waals surface area contributed by atoms with Crippen molar-refractivity contribution in [2.45, 2.75) is 19.9 Å². The Bertz CT molecular complexity index is 325. The van der Waals surface area contributed by atoms with E-state index in [1.54, 1.807) is 12.4 Å². The first-order chi connectivity index (χ1) is 6.66. The van der Waals surface area contributed by atoms with Crippen LogP contribution in [-0.2, 0) is 4.79 Å². The third-order valence-electron chi connectivity index (χ3n) is 2.08. The number of likely N-dealkylation sites (N-methyl/N-ethyl adjacent to an activating group) is 1. The molecule has 1 rings (SSSR count). The normalized spacial score (nSPS) is 12.4. The molecular formula is C10H15N3O. The van der Waals surface area contributed by atoms with Crippen LogP contribution < -0.4 is 11.1 Å². The first kappa shape index (κ1) is 10.7. The van der Waals surface area contributed by atoms with Crippen LogP contribution in [0.25, 0.3) is 0 Å². The lowest BCUT2D eigenvalue weighted by atomic mass is 10.0. The summed E-state index contributed by atoms with van der Waals surface area (Å²) in [4.78, 5) is 15.2. The monoisotopic (exact) mass is 193 g/mol. The van der Waals surface area contributed by atoms with Crippen LogP contribution in [0.15, 0.2) is 18.5 Å². The zero-order valence-electron chi connectivity index (χ0n) is 8.45.